The van der Waals surface area contributed by atoms with Crippen LogP contribution in [0.25, 0.3) is 0 Å². The number of para-hydroxylation sites is 1. The Morgan fingerprint density at radius 3 is 2.75 bits per heavy atom. The Hall–Kier alpha value is -2.56. The monoisotopic (exact) mass is 273 g/mol. The van der Waals surface area contributed by atoms with Gasteiger partial charge in [-0.2, -0.15) is 0 Å². The van der Waals surface area contributed by atoms with Crippen LogP contribution in [-0.2, 0) is 6.54 Å². The first kappa shape index (κ1) is 12.5. The number of nitrogens with one attached hydrogen (secondary N) is 1. The number of fused-ring (bicyclic) bond motifs is 1. The predicted molar refractivity (Wildman–Crippen MR) is 70.1 cm³/mol. The molecular weight excluding hydrogens is 261 g/mol. The third-order valence-corrected chi connectivity index (χ3v) is 3.02. The van der Waals surface area contributed by atoms with Gasteiger partial charge in [0.15, 0.2) is 11.5 Å². The van der Waals surface area contributed by atoms with E-state index < -0.39 is 0 Å². The fourth-order valence-electron chi connectivity index (χ4n) is 2.01. The molecule has 0 aromatic heterocycles. The van der Waals surface area contributed by atoms with Gasteiger partial charge in [0.2, 0.25) is 6.79 Å². The number of amides is 1. The molecule has 0 saturated carbocycles. The van der Waals surface area contributed by atoms with Crippen molar-refractivity contribution < 1.29 is 18.7 Å². The summed E-state index contributed by atoms with van der Waals surface area (Å²) in [6, 6.07) is 10.9. The maximum absolute atomic E-state index is 12.8. The Labute approximate surface area is 115 Å². The lowest BCUT2D eigenvalue weighted by atomic mass is 10.1. The molecule has 1 amide bonds. The van der Waals surface area contributed by atoms with Crippen LogP contribution in [0.3, 0.4) is 0 Å². The Balaban J connectivity index is 1.69. The third-order valence-electron chi connectivity index (χ3n) is 3.02. The van der Waals surface area contributed by atoms with Gasteiger partial charge in [0.1, 0.15) is 5.82 Å². The van der Waals surface area contributed by atoms with Gasteiger partial charge in [-0.1, -0.05) is 12.1 Å². The van der Waals surface area contributed by atoms with Crippen molar-refractivity contribution in [3.05, 3.63) is 59.4 Å². The predicted octanol–water partition coefficient (Wildman–Crippen LogP) is 2.48. The Morgan fingerprint density at radius 2 is 1.95 bits per heavy atom. The number of hydrogen-bond donors (Lipinski definition) is 1. The van der Waals surface area contributed by atoms with Crippen molar-refractivity contribution in [2.75, 3.05) is 6.79 Å². The molecule has 3 rings (SSSR count). The topological polar surface area (TPSA) is 47.6 Å². The van der Waals surface area contributed by atoms with Crippen LogP contribution >= 0.6 is 0 Å². The van der Waals surface area contributed by atoms with Gasteiger partial charge in [-0.25, -0.2) is 4.39 Å². The average Bonchev–Trinajstić information content (AvgIpc) is 2.94. The zero-order chi connectivity index (χ0) is 13.9. The molecule has 0 fully saturated rings. The molecule has 5 heteroatoms. The summed E-state index contributed by atoms with van der Waals surface area (Å²) in [6.07, 6.45) is 0. The molecule has 2 aromatic carbocycles. The van der Waals surface area contributed by atoms with Gasteiger partial charge in [0.05, 0.1) is 0 Å². The van der Waals surface area contributed by atoms with Gasteiger partial charge in [-0.05, 0) is 30.3 Å². The molecule has 1 heterocycles. The van der Waals surface area contributed by atoms with Crippen LogP contribution in [0, 0.1) is 5.82 Å². The molecule has 1 N–H and O–H groups in total. The lowest BCUT2D eigenvalue weighted by Crippen LogP contribution is -2.22. The molecular formula is C15H12FNO3. The van der Waals surface area contributed by atoms with E-state index in [0.29, 0.717) is 23.6 Å². The van der Waals surface area contributed by atoms with Crippen LogP contribution in [0.5, 0.6) is 11.5 Å². The number of hydrogen-bond acceptors (Lipinski definition) is 3. The molecule has 1 aliphatic heterocycles. The highest BCUT2D eigenvalue weighted by molar-refractivity contribution is 5.94. The van der Waals surface area contributed by atoms with Gasteiger partial charge >= 0.3 is 0 Å². The van der Waals surface area contributed by atoms with E-state index in [-0.39, 0.29) is 18.5 Å². The number of halogens is 1. The SMILES string of the molecule is O=C(NCc1cccc2c1OCO2)c1ccc(F)cc1. The molecule has 2 aromatic rings. The summed E-state index contributed by atoms with van der Waals surface area (Å²) < 4.78 is 23.4. The lowest BCUT2D eigenvalue weighted by Gasteiger charge is -2.08. The molecule has 1 aliphatic rings. The number of carbonyl (C=O) groups is 1. The van der Waals surface area contributed by atoms with Crippen molar-refractivity contribution in [1.82, 2.24) is 5.32 Å². The normalized spacial score (nSPS) is 12.2. The molecule has 0 aliphatic carbocycles. The average molecular weight is 273 g/mol. The first-order valence-corrected chi connectivity index (χ1v) is 6.15. The summed E-state index contributed by atoms with van der Waals surface area (Å²) in [5.41, 5.74) is 1.26. The van der Waals surface area contributed by atoms with Gasteiger partial charge < -0.3 is 14.8 Å². The minimum Gasteiger partial charge on any atom is -0.454 e. The molecule has 0 unspecified atom stereocenters. The molecule has 0 bridgehead atoms. The van der Waals surface area contributed by atoms with Crippen LogP contribution in [0.4, 0.5) is 4.39 Å². The molecule has 0 spiro atoms. The minimum absolute atomic E-state index is 0.193. The molecule has 4 nitrogen and oxygen atoms in total. The van der Waals surface area contributed by atoms with E-state index in [4.69, 9.17) is 9.47 Å². The Bertz CT molecular complexity index is 640. The maximum atomic E-state index is 12.8. The highest BCUT2D eigenvalue weighted by Crippen LogP contribution is 2.35. The fourth-order valence-corrected chi connectivity index (χ4v) is 2.01. The molecule has 102 valence electrons. The fraction of sp³-hybridized carbons (Fsp3) is 0.133. The molecule has 20 heavy (non-hydrogen) atoms. The third kappa shape index (κ3) is 2.42. The highest BCUT2D eigenvalue weighted by atomic mass is 19.1. The van der Waals surface area contributed by atoms with Crippen LogP contribution in [-0.4, -0.2) is 12.7 Å². The second-order valence-corrected chi connectivity index (χ2v) is 4.34. The van der Waals surface area contributed by atoms with E-state index in [0.717, 1.165) is 5.56 Å². The van der Waals surface area contributed by atoms with Crippen molar-refractivity contribution >= 4 is 5.91 Å². The van der Waals surface area contributed by atoms with E-state index in [2.05, 4.69) is 5.32 Å². The van der Waals surface area contributed by atoms with Gasteiger partial charge in [0, 0.05) is 17.7 Å². The number of benzene rings is 2. The Kier molecular flexibility index (Phi) is 3.25. The summed E-state index contributed by atoms with van der Waals surface area (Å²) in [5.74, 6) is 0.708. The lowest BCUT2D eigenvalue weighted by molar-refractivity contribution is 0.0950. The van der Waals surface area contributed by atoms with Crippen molar-refractivity contribution in [2.24, 2.45) is 0 Å². The molecule has 0 atom stereocenters. The summed E-state index contributed by atoms with van der Waals surface area (Å²) in [7, 11) is 0. The van der Waals surface area contributed by atoms with Gasteiger partial charge in [-0.3, -0.25) is 4.79 Å². The maximum Gasteiger partial charge on any atom is 0.251 e. The second-order valence-electron chi connectivity index (χ2n) is 4.34. The summed E-state index contributed by atoms with van der Waals surface area (Å²) in [4.78, 5) is 11.9. The largest absolute Gasteiger partial charge is 0.454 e. The smallest absolute Gasteiger partial charge is 0.251 e. The first-order valence-electron chi connectivity index (χ1n) is 6.15. The zero-order valence-corrected chi connectivity index (χ0v) is 10.6. The van der Waals surface area contributed by atoms with Crippen LogP contribution in [0.1, 0.15) is 15.9 Å². The number of carbonyl (C=O) groups excluding carboxylic acids is 1. The van der Waals surface area contributed by atoms with Crippen molar-refractivity contribution in [1.29, 1.82) is 0 Å². The minimum atomic E-state index is -0.368. The van der Waals surface area contributed by atoms with Crippen LogP contribution in [0.2, 0.25) is 0 Å². The Morgan fingerprint density at radius 1 is 1.15 bits per heavy atom. The zero-order valence-electron chi connectivity index (χ0n) is 10.6. The quantitative estimate of drug-likeness (QED) is 0.934. The summed E-state index contributed by atoms with van der Waals surface area (Å²) >= 11 is 0. The van der Waals surface area contributed by atoms with Crippen LogP contribution in [0.15, 0.2) is 42.5 Å². The second kappa shape index (κ2) is 5.21. The molecule has 0 saturated heterocycles. The van der Waals surface area contributed by atoms with Gasteiger partial charge in [-0.15, -0.1) is 0 Å². The highest BCUT2D eigenvalue weighted by Gasteiger charge is 2.17. The first-order chi connectivity index (χ1) is 9.74. The van der Waals surface area contributed by atoms with Crippen molar-refractivity contribution in [3.8, 4) is 11.5 Å². The van der Waals surface area contributed by atoms with E-state index in [9.17, 15) is 9.18 Å². The van der Waals surface area contributed by atoms with Crippen molar-refractivity contribution in [3.63, 3.8) is 0 Å². The number of ether oxygens (including phenoxy) is 2. The van der Waals surface area contributed by atoms with E-state index >= 15 is 0 Å². The van der Waals surface area contributed by atoms with E-state index in [1.54, 1.807) is 0 Å². The molecule has 0 radical (unpaired) electrons. The van der Waals surface area contributed by atoms with E-state index in [1.165, 1.54) is 24.3 Å². The van der Waals surface area contributed by atoms with E-state index in [1.807, 2.05) is 18.2 Å². The van der Waals surface area contributed by atoms with Crippen molar-refractivity contribution in [2.45, 2.75) is 6.54 Å². The summed E-state index contributed by atoms with van der Waals surface area (Å²) in [6.45, 7) is 0.515. The standard InChI is InChI=1S/C15H12FNO3/c16-12-6-4-10(5-7-12)15(18)17-8-11-2-1-3-13-14(11)20-9-19-13/h1-7H,8-9H2,(H,17,18). The summed E-state index contributed by atoms with van der Waals surface area (Å²) in [5, 5.41) is 2.77. The van der Waals surface area contributed by atoms with Gasteiger partial charge in [0.25, 0.3) is 5.91 Å². The van der Waals surface area contributed by atoms with Crippen LogP contribution < -0.4 is 14.8 Å². The number of rotatable bonds is 3.